The molecule has 0 aromatic heterocycles. The molecule has 0 aliphatic heterocycles. The van der Waals surface area contributed by atoms with Crippen LogP contribution < -0.4 is 10.6 Å². The van der Waals surface area contributed by atoms with E-state index in [9.17, 15) is 0 Å². The summed E-state index contributed by atoms with van der Waals surface area (Å²) in [4.78, 5) is 0. The maximum Gasteiger partial charge on any atom is 0.171 e. The molecule has 0 amide bonds. The quantitative estimate of drug-likeness (QED) is 0.744. The van der Waals surface area contributed by atoms with Crippen molar-refractivity contribution in [1.29, 1.82) is 0 Å². The van der Waals surface area contributed by atoms with Gasteiger partial charge in [0, 0.05) is 5.69 Å². The summed E-state index contributed by atoms with van der Waals surface area (Å²) in [5.41, 5.74) is 4.99. The van der Waals surface area contributed by atoms with Gasteiger partial charge in [-0.1, -0.05) is 62.7 Å². The van der Waals surface area contributed by atoms with Gasteiger partial charge in [-0.25, -0.2) is 0 Å². The van der Waals surface area contributed by atoms with E-state index in [1.807, 2.05) is 12.1 Å². The van der Waals surface area contributed by atoms with E-state index in [1.54, 1.807) is 0 Å². The van der Waals surface area contributed by atoms with Gasteiger partial charge in [-0.3, -0.25) is 0 Å². The number of hydrogen-bond acceptors (Lipinski definition) is 1. The van der Waals surface area contributed by atoms with E-state index < -0.39 is 0 Å². The fraction of sp³-hybridized carbons (Fsp3) is 0.350. The number of thiocarbonyl (C=S) groups is 1. The van der Waals surface area contributed by atoms with Crippen LogP contribution in [0.1, 0.15) is 50.4 Å². The number of hydrogen-bond donors (Lipinski definition) is 2. The highest BCUT2D eigenvalue weighted by atomic mass is 32.1. The first-order valence-electron chi connectivity index (χ1n) is 8.00. The van der Waals surface area contributed by atoms with Crippen LogP contribution in [0.2, 0.25) is 0 Å². The van der Waals surface area contributed by atoms with Crippen molar-refractivity contribution >= 4 is 23.0 Å². The molecule has 1 atom stereocenters. The first-order chi connectivity index (χ1) is 10.8. The van der Waals surface area contributed by atoms with Gasteiger partial charge >= 0.3 is 0 Å². The lowest BCUT2D eigenvalue weighted by molar-refractivity contribution is 0.589. The van der Waals surface area contributed by atoms with Gasteiger partial charge in [-0.05, 0) is 54.7 Å². The first kappa shape index (κ1) is 17.5. The van der Waals surface area contributed by atoms with Crippen LogP contribution in [0.5, 0.6) is 0 Å². The minimum absolute atomic E-state index is 0.162. The van der Waals surface area contributed by atoms with E-state index >= 15 is 0 Å². The molecule has 2 N–H and O–H groups in total. The second-order valence-corrected chi connectivity index (χ2v) is 7.47. The third kappa shape index (κ3) is 5.07. The molecule has 23 heavy (non-hydrogen) atoms. The Morgan fingerprint density at radius 1 is 0.957 bits per heavy atom. The first-order valence-corrected chi connectivity index (χ1v) is 8.41. The molecule has 0 aliphatic rings. The summed E-state index contributed by atoms with van der Waals surface area (Å²) >= 11 is 5.41. The fourth-order valence-electron chi connectivity index (χ4n) is 2.36. The van der Waals surface area contributed by atoms with Crippen LogP contribution in [0.15, 0.2) is 48.5 Å². The Hall–Kier alpha value is -1.87. The van der Waals surface area contributed by atoms with E-state index in [0.717, 1.165) is 5.69 Å². The molecule has 122 valence electrons. The molecule has 0 saturated heterocycles. The zero-order valence-corrected chi connectivity index (χ0v) is 15.4. The number of rotatable bonds is 3. The Balaban J connectivity index is 1.96. The molecule has 0 unspecified atom stereocenters. The average molecular weight is 327 g/mol. The van der Waals surface area contributed by atoms with Crippen LogP contribution in [-0.4, -0.2) is 5.11 Å². The predicted octanol–water partition coefficient (Wildman–Crippen LogP) is 5.34. The Labute approximate surface area is 145 Å². The molecular formula is C20H26N2S. The largest absolute Gasteiger partial charge is 0.356 e. The standard InChI is InChI=1S/C20H26N2S/c1-14-6-12-18(13-7-14)22-19(23)21-15(2)16-8-10-17(11-9-16)20(3,4)5/h6-13,15H,1-5H3,(H2,21,22,23)/t15-/m0/s1. The molecule has 0 heterocycles. The van der Waals surface area contributed by atoms with Crippen molar-refractivity contribution in [3.8, 4) is 0 Å². The lowest BCUT2D eigenvalue weighted by Crippen LogP contribution is -2.30. The van der Waals surface area contributed by atoms with E-state index in [1.165, 1.54) is 16.7 Å². The number of anilines is 1. The number of benzene rings is 2. The van der Waals surface area contributed by atoms with Crippen molar-refractivity contribution in [1.82, 2.24) is 5.32 Å². The van der Waals surface area contributed by atoms with Crippen LogP contribution in [0.3, 0.4) is 0 Å². The maximum absolute atomic E-state index is 5.41. The van der Waals surface area contributed by atoms with Crippen molar-refractivity contribution in [3.63, 3.8) is 0 Å². The zero-order valence-electron chi connectivity index (χ0n) is 14.6. The molecule has 0 radical (unpaired) electrons. The highest BCUT2D eigenvalue weighted by Crippen LogP contribution is 2.24. The molecule has 0 bridgehead atoms. The SMILES string of the molecule is Cc1ccc(NC(=S)N[C@@H](C)c2ccc(C(C)(C)C)cc2)cc1. The second kappa shape index (κ2) is 7.14. The Morgan fingerprint density at radius 3 is 2.04 bits per heavy atom. The summed E-state index contributed by atoms with van der Waals surface area (Å²) in [6.45, 7) is 10.9. The number of nitrogens with one attached hydrogen (secondary N) is 2. The Bertz CT molecular complexity index is 652. The van der Waals surface area contributed by atoms with Gasteiger partial charge in [0.05, 0.1) is 6.04 Å². The maximum atomic E-state index is 5.41. The van der Waals surface area contributed by atoms with Gasteiger partial charge in [0.2, 0.25) is 0 Å². The normalized spacial score (nSPS) is 12.6. The molecule has 0 saturated carbocycles. The molecule has 2 aromatic rings. The molecule has 0 fully saturated rings. The van der Waals surface area contributed by atoms with Crippen molar-refractivity contribution in [3.05, 3.63) is 65.2 Å². The van der Waals surface area contributed by atoms with E-state index in [2.05, 4.69) is 81.7 Å². The minimum atomic E-state index is 0.162. The van der Waals surface area contributed by atoms with Crippen LogP contribution in [0.25, 0.3) is 0 Å². The summed E-state index contributed by atoms with van der Waals surface area (Å²) in [6.07, 6.45) is 0. The van der Waals surface area contributed by atoms with Crippen LogP contribution >= 0.6 is 12.2 Å². The lowest BCUT2D eigenvalue weighted by atomic mass is 9.86. The third-order valence-corrected chi connectivity index (χ3v) is 4.15. The summed E-state index contributed by atoms with van der Waals surface area (Å²) in [7, 11) is 0. The van der Waals surface area contributed by atoms with E-state index in [4.69, 9.17) is 12.2 Å². The Morgan fingerprint density at radius 2 is 1.52 bits per heavy atom. The summed E-state index contributed by atoms with van der Waals surface area (Å²) in [6, 6.07) is 17.1. The van der Waals surface area contributed by atoms with E-state index in [-0.39, 0.29) is 11.5 Å². The summed E-state index contributed by atoms with van der Waals surface area (Å²) in [5, 5.41) is 7.20. The second-order valence-electron chi connectivity index (χ2n) is 7.06. The smallest absolute Gasteiger partial charge is 0.171 e. The molecular weight excluding hydrogens is 300 g/mol. The van der Waals surface area contributed by atoms with Crippen LogP contribution in [0.4, 0.5) is 5.69 Å². The highest BCUT2D eigenvalue weighted by molar-refractivity contribution is 7.80. The van der Waals surface area contributed by atoms with Gasteiger partial charge < -0.3 is 10.6 Å². The van der Waals surface area contributed by atoms with Crippen molar-refractivity contribution < 1.29 is 0 Å². The zero-order chi connectivity index (χ0) is 17.0. The van der Waals surface area contributed by atoms with Gasteiger partial charge in [0.1, 0.15) is 0 Å². The molecule has 2 nitrogen and oxygen atoms in total. The third-order valence-electron chi connectivity index (χ3n) is 3.93. The monoisotopic (exact) mass is 326 g/mol. The highest BCUT2D eigenvalue weighted by Gasteiger charge is 2.14. The Kier molecular flexibility index (Phi) is 5.42. The summed E-state index contributed by atoms with van der Waals surface area (Å²) in [5.74, 6) is 0. The van der Waals surface area contributed by atoms with Gasteiger partial charge in [0.25, 0.3) is 0 Å². The summed E-state index contributed by atoms with van der Waals surface area (Å²) < 4.78 is 0. The molecule has 3 heteroatoms. The fourth-order valence-corrected chi connectivity index (χ4v) is 2.65. The van der Waals surface area contributed by atoms with Crippen LogP contribution in [-0.2, 0) is 5.41 Å². The molecule has 2 aromatic carbocycles. The van der Waals surface area contributed by atoms with Gasteiger partial charge in [0.15, 0.2) is 5.11 Å². The van der Waals surface area contributed by atoms with Crippen molar-refractivity contribution in [2.24, 2.45) is 0 Å². The van der Waals surface area contributed by atoms with Gasteiger partial charge in [-0.2, -0.15) is 0 Å². The van der Waals surface area contributed by atoms with Gasteiger partial charge in [-0.15, -0.1) is 0 Å². The van der Waals surface area contributed by atoms with Crippen molar-refractivity contribution in [2.45, 2.75) is 46.1 Å². The molecule has 0 aliphatic carbocycles. The number of aryl methyl sites for hydroxylation is 1. The average Bonchev–Trinajstić information content (AvgIpc) is 2.49. The lowest BCUT2D eigenvalue weighted by Gasteiger charge is -2.21. The topological polar surface area (TPSA) is 24.1 Å². The predicted molar refractivity (Wildman–Crippen MR) is 104 cm³/mol. The molecule has 0 spiro atoms. The minimum Gasteiger partial charge on any atom is -0.356 e. The van der Waals surface area contributed by atoms with Crippen molar-refractivity contribution in [2.75, 3.05) is 5.32 Å². The van der Waals surface area contributed by atoms with E-state index in [0.29, 0.717) is 5.11 Å². The molecule has 2 rings (SSSR count). The van der Waals surface area contributed by atoms with Crippen LogP contribution in [0, 0.1) is 6.92 Å².